The first-order chi connectivity index (χ1) is 5.84. The highest BCUT2D eigenvalue weighted by Gasteiger charge is 1.96. The first-order valence-corrected chi connectivity index (χ1v) is 5.21. The highest BCUT2D eigenvalue weighted by atomic mass is 79.9. The second kappa shape index (κ2) is 5.14. The molecular weight excluding hydrogens is 216 g/mol. The van der Waals surface area contributed by atoms with Gasteiger partial charge in [-0.2, -0.15) is 0 Å². The van der Waals surface area contributed by atoms with Crippen LogP contribution >= 0.6 is 15.9 Å². The molecule has 66 valence electrons. The van der Waals surface area contributed by atoms with E-state index < -0.39 is 0 Å². The van der Waals surface area contributed by atoms with Gasteiger partial charge in [-0.1, -0.05) is 15.9 Å². The molecule has 0 saturated heterocycles. The third-order valence-electron chi connectivity index (χ3n) is 1.77. The van der Waals surface area contributed by atoms with E-state index in [9.17, 15) is 0 Å². The van der Waals surface area contributed by atoms with Crippen LogP contribution in [0.5, 0.6) is 0 Å². The molecule has 0 aliphatic carbocycles. The van der Waals surface area contributed by atoms with E-state index in [1.165, 1.54) is 18.4 Å². The van der Waals surface area contributed by atoms with Gasteiger partial charge in [0.05, 0.1) is 0 Å². The number of pyridine rings is 1. The van der Waals surface area contributed by atoms with Gasteiger partial charge in [0.2, 0.25) is 0 Å². The van der Waals surface area contributed by atoms with Gasteiger partial charge in [0.1, 0.15) is 0 Å². The van der Waals surface area contributed by atoms with Gasteiger partial charge >= 0.3 is 0 Å². The van der Waals surface area contributed by atoms with Gasteiger partial charge in [-0.25, -0.2) is 0 Å². The van der Waals surface area contributed by atoms with Crippen LogP contribution in [-0.4, -0.2) is 10.3 Å². The van der Waals surface area contributed by atoms with Gasteiger partial charge in [0, 0.05) is 23.4 Å². The van der Waals surface area contributed by atoms with E-state index in [0.29, 0.717) is 0 Å². The summed E-state index contributed by atoms with van der Waals surface area (Å²) in [5, 5.41) is 1.06. The van der Waals surface area contributed by atoms with Crippen molar-refractivity contribution < 1.29 is 0 Å². The van der Waals surface area contributed by atoms with Crippen LogP contribution < -0.4 is 5.73 Å². The Morgan fingerprint density at radius 1 is 1.42 bits per heavy atom. The lowest BCUT2D eigenvalue weighted by molar-refractivity contribution is 0.804. The molecule has 0 amide bonds. The minimum Gasteiger partial charge on any atom is -0.398 e. The summed E-state index contributed by atoms with van der Waals surface area (Å²) in [5.74, 6) is 0. The molecule has 0 aliphatic heterocycles. The van der Waals surface area contributed by atoms with Crippen LogP contribution in [0.3, 0.4) is 0 Å². The molecule has 1 aromatic heterocycles. The Morgan fingerprint density at radius 3 is 2.92 bits per heavy atom. The minimum absolute atomic E-state index is 0.861. The number of aryl methyl sites for hydroxylation is 1. The third-order valence-corrected chi connectivity index (χ3v) is 2.33. The predicted octanol–water partition coefficient (Wildman–Crippen LogP) is 2.38. The highest BCUT2D eigenvalue weighted by molar-refractivity contribution is 9.09. The van der Waals surface area contributed by atoms with Crippen LogP contribution in [-0.2, 0) is 6.42 Å². The molecule has 0 fully saturated rings. The topological polar surface area (TPSA) is 38.9 Å². The summed E-state index contributed by atoms with van der Waals surface area (Å²) in [5.41, 5.74) is 7.78. The summed E-state index contributed by atoms with van der Waals surface area (Å²) in [6.45, 7) is 0. The van der Waals surface area contributed by atoms with Crippen molar-refractivity contribution in [1.82, 2.24) is 4.98 Å². The number of unbranched alkanes of at least 4 members (excludes halogenated alkanes) is 1. The van der Waals surface area contributed by atoms with Crippen LogP contribution in [0, 0.1) is 0 Å². The van der Waals surface area contributed by atoms with Crippen LogP contribution in [0.4, 0.5) is 5.69 Å². The average molecular weight is 229 g/mol. The molecular formula is C9H13BrN2. The molecule has 3 heteroatoms. The predicted molar refractivity (Wildman–Crippen MR) is 55.4 cm³/mol. The average Bonchev–Trinajstić information content (AvgIpc) is 2.09. The normalized spacial score (nSPS) is 10.1. The second-order valence-corrected chi connectivity index (χ2v) is 3.51. The monoisotopic (exact) mass is 228 g/mol. The van der Waals surface area contributed by atoms with Crippen molar-refractivity contribution >= 4 is 21.6 Å². The molecule has 2 nitrogen and oxygen atoms in total. The Labute approximate surface area is 81.3 Å². The lowest BCUT2D eigenvalue weighted by atomic mass is 10.1. The van der Waals surface area contributed by atoms with Crippen LogP contribution in [0.1, 0.15) is 18.4 Å². The summed E-state index contributed by atoms with van der Waals surface area (Å²) in [6.07, 6.45) is 6.97. The Hall–Kier alpha value is -0.570. The van der Waals surface area contributed by atoms with Crippen LogP contribution in [0.25, 0.3) is 0 Å². The van der Waals surface area contributed by atoms with E-state index >= 15 is 0 Å². The van der Waals surface area contributed by atoms with E-state index in [1.54, 1.807) is 6.20 Å². The summed E-state index contributed by atoms with van der Waals surface area (Å²) >= 11 is 3.39. The highest BCUT2D eigenvalue weighted by Crippen LogP contribution is 2.12. The molecule has 0 saturated carbocycles. The number of halogens is 1. The molecule has 0 bridgehead atoms. The third kappa shape index (κ3) is 2.81. The van der Waals surface area contributed by atoms with Crippen molar-refractivity contribution in [2.24, 2.45) is 0 Å². The summed E-state index contributed by atoms with van der Waals surface area (Å²) in [6, 6.07) is 1.85. The van der Waals surface area contributed by atoms with Gasteiger partial charge in [0.15, 0.2) is 0 Å². The zero-order chi connectivity index (χ0) is 8.81. The Balaban J connectivity index is 2.46. The quantitative estimate of drug-likeness (QED) is 0.635. The summed E-state index contributed by atoms with van der Waals surface area (Å²) in [7, 11) is 0. The maximum absolute atomic E-state index is 5.75. The van der Waals surface area contributed by atoms with E-state index in [2.05, 4.69) is 20.9 Å². The van der Waals surface area contributed by atoms with Gasteiger partial charge in [-0.05, 0) is 30.9 Å². The second-order valence-electron chi connectivity index (χ2n) is 2.72. The molecule has 0 atom stereocenters. The number of aromatic nitrogens is 1. The fourth-order valence-corrected chi connectivity index (χ4v) is 1.45. The van der Waals surface area contributed by atoms with Gasteiger partial charge < -0.3 is 5.73 Å². The van der Waals surface area contributed by atoms with Crippen molar-refractivity contribution in [3.63, 3.8) is 0 Å². The number of rotatable bonds is 4. The number of nitrogens with two attached hydrogens (primary N) is 1. The zero-order valence-corrected chi connectivity index (χ0v) is 8.55. The number of nitrogens with zero attached hydrogens (tertiary/aromatic N) is 1. The first kappa shape index (κ1) is 9.52. The van der Waals surface area contributed by atoms with Crippen molar-refractivity contribution in [2.45, 2.75) is 19.3 Å². The number of nitrogen functional groups attached to an aromatic ring is 1. The largest absolute Gasteiger partial charge is 0.398 e. The Bertz CT molecular complexity index is 238. The maximum atomic E-state index is 5.75. The molecule has 0 unspecified atom stereocenters. The summed E-state index contributed by atoms with van der Waals surface area (Å²) < 4.78 is 0. The fraction of sp³-hybridized carbons (Fsp3) is 0.444. The lowest BCUT2D eigenvalue weighted by Gasteiger charge is -2.02. The first-order valence-electron chi connectivity index (χ1n) is 4.09. The molecule has 0 spiro atoms. The molecule has 2 N–H and O–H groups in total. The summed E-state index contributed by atoms with van der Waals surface area (Å²) in [4.78, 5) is 4.03. The number of anilines is 1. The lowest BCUT2D eigenvalue weighted by Crippen LogP contribution is -1.95. The Kier molecular flexibility index (Phi) is 4.08. The molecule has 0 aromatic carbocycles. The maximum Gasteiger partial charge on any atom is 0.0377 e. The fourth-order valence-electron chi connectivity index (χ4n) is 1.06. The smallest absolute Gasteiger partial charge is 0.0377 e. The van der Waals surface area contributed by atoms with E-state index in [-0.39, 0.29) is 0 Å². The SMILES string of the molecule is Nc1ccncc1CCCCBr. The van der Waals surface area contributed by atoms with E-state index in [0.717, 1.165) is 17.4 Å². The number of hydrogen-bond acceptors (Lipinski definition) is 2. The van der Waals surface area contributed by atoms with Crippen molar-refractivity contribution in [2.75, 3.05) is 11.1 Å². The van der Waals surface area contributed by atoms with Crippen molar-refractivity contribution in [3.8, 4) is 0 Å². The minimum atomic E-state index is 0.861. The van der Waals surface area contributed by atoms with Gasteiger partial charge in [0.25, 0.3) is 0 Å². The van der Waals surface area contributed by atoms with Crippen LogP contribution in [0.15, 0.2) is 18.5 Å². The van der Waals surface area contributed by atoms with Crippen LogP contribution in [0.2, 0.25) is 0 Å². The molecule has 12 heavy (non-hydrogen) atoms. The molecule has 0 radical (unpaired) electrons. The van der Waals surface area contributed by atoms with E-state index in [1.807, 2.05) is 12.3 Å². The molecule has 1 heterocycles. The van der Waals surface area contributed by atoms with Crippen molar-refractivity contribution in [1.29, 1.82) is 0 Å². The van der Waals surface area contributed by atoms with Gasteiger partial charge in [-0.3, -0.25) is 4.98 Å². The van der Waals surface area contributed by atoms with Gasteiger partial charge in [-0.15, -0.1) is 0 Å². The standard InChI is InChI=1S/C9H13BrN2/c10-5-2-1-3-8-7-12-6-4-9(8)11/h4,6-7H,1-3,5H2,(H2,11,12). The van der Waals surface area contributed by atoms with E-state index in [4.69, 9.17) is 5.73 Å². The Morgan fingerprint density at radius 2 is 2.25 bits per heavy atom. The molecule has 0 aliphatic rings. The molecule has 1 aromatic rings. The van der Waals surface area contributed by atoms with Crippen molar-refractivity contribution in [3.05, 3.63) is 24.0 Å². The number of alkyl halides is 1. The zero-order valence-electron chi connectivity index (χ0n) is 6.96. The molecule has 1 rings (SSSR count). The number of hydrogen-bond donors (Lipinski definition) is 1.